The van der Waals surface area contributed by atoms with Crippen LogP contribution in [0.4, 0.5) is 15.9 Å². The minimum Gasteiger partial charge on any atom is -0.487 e. The van der Waals surface area contributed by atoms with Crippen LogP contribution in [0.1, 0.15) is 17.5 Å². The van der Waals surface area contributed by atoms with E-state index in [-0.39, 0.29) is 30.5 Å². The lowest BCUT2D eigenvalue weighted by Crippen LogP contribution is -2.14. The van der Waals surface area contributed by atoms with Gasteiger partial charge in [-0.15, -0.1) is 11.3 Å². The summed E-state index contributed by atoms with van der Waals surface area (Å²) in [6, 6.07) is 17.4. The van der Waals surface area contributed by atoms with Crippen molar-refractivity contribution in [3.8, 4) is 17.0 Å². The lowest BCUT2D eigenvalue weighted by molar-refractivity contribution is 0.152. The summed E-state index contributed by atoms with van der Waals surface area (Å²) in [5.41, 5.74) is 3.92. The Hall–Kier alpha value is -3.64. The molecule has 0 atom stereocenters. The van der Waals surface area contributed by atoms with Crippen molar-refractivity contribution in [3.05, 3.63) is 93.8 Å². The van der Waals surface area contributed by atoms with Crippen molar-refractivity contribution < 1.29 is 22.3 Å². The Balaban J connectivity index is 1.25. The quantitative estimate of drug-likeness (QED) is 0.141. The average Bonchev–Trinajstić information content (AvgIpc) is 3.45. The number of aromatic nitrogens is 3. The van der Waals surface area contributed by atoms with E-state index < -0.39 is 9.84 Å². The summed E-state index contributed by atoms with van der Waals surface area (Å²) in [4.78, 5) is 13.6. The standard InChI is InChI=1S/C30H28ClFN4O4S2/c1-2-42(37,38)13-12-39-11-10-29-36-27(18-41-29)21-6-8-26-24(15-21)30(34-19-33-26)35-23-7-9-28(25(31)16-23)40-17-20-4-3-5-22(32)14-20/h3-9,14-16,18-19H,2,10-13,17H2,1H3,(H,33,34,35). The Morgan fingerprint density at radius 3 is 2.74 bits per heavy atom. The van der Waals surface area contributed by atoms with Gasteiger partial charge in [0.25, 0.3) is 0 Å². The maximum absolute atomic E-state index is 13.5. The van der Waals surface area contributed by atoms with E-state index >= 15 is 0 Å². The van der Waals surface area contributed by atoms with Crippen LogP contribution in [0.15, 0.2) is 72.4 Å². The molecule has 0 saturated heterocycles. The number of hydrogen-bond acceptors (Lipinski definition) is 9. The number of thiazole rings is 1. The number of fused-ring (bicyclic) bond motifs is 1. The zero-order chi connectivity index (χ0) is 29.5. The van der Waals surface area contributed by atoms with E-state index in [0.29, 0.717) is 40.9 Å². The molecule has 2 aromatic heterocycles. The SMILES string of the molecule is CCS(=O)(=O)CCOCCc1nc(-c2ccc3ncnc(Nc4ccc(OCc5cccc(F)c5)c(Cl)c4)c3c2)cs1. The van der Waals surface area contributed by atoms with Gasteiger partial charge in [0.15, 0.2) is 9.84 Å². The van der Waals surface area contributed by atoms with Crippen LogP contribution in [0.3, 0.4) is 0 Å². The number of anilines is 2. The zero-order valence-electron chi connectivity index (χ0n) is 22.7. The first-order valence-electron chi connectivity index (χ1n) is 13.2. The van der Waals surface area contributed by atoms with Crippen molar-refractivity contribution in [1.82, 2.24) is 15.0 Å². The minimum atomic E-state index is -3.03. The van der Waals surface area contributed by atoms with Gasteiger partial charge in [-0.2, -0.15) is 0 Å². The van der Waals surface area contributed by atoms with Crippen LogP contribution in [0.5, 0.6) is 5.75 Å². The van der Waals surface area contributed by atoms with Crippen molar-refractivity contribution in [2.75, 3.05) is 30.0 Å². The van der Waals surface area contributed by atoms with E-state index in [1.165, 1.54) is 29.8 Å². The summed E-state index contributed by atoms with van der Waals surface area (Å²) in [5, 5.41) is 7.42. The highest BCUT2D eigenvalue weighted by Crippen LogP contribution is 2.32. The first-order valence-corrected chi connectivity index (χ1v) is 16.3. The summed E-state index contributed by atoms with van der Waals surface area (Å²) >= 11 is 8.01. The average molecular weight is 627 g/mol. The Labute approximate surface area is 252 Å². The normalized spacial score (nSPS) is 11.6. The van der Waals surface area contributed by atoms with Gasteiger partial charge >= 0.3 is 0 Å². The fourth-order valence-electron chi connectivity index (χ4n) is 4.09. The van der Waals surface area contributed by atoms with Crippen LogP contribution >= 0.6 is 22.9 Å². The topological polar surface area (TPSA) is 103 Å². The van der Waals surface area contributed by atoms with Crippen molar-refractivity contribution in [2.24, 2.45) is 0 Å². The number of nitrogens with one attached hydrogen (secondary N) is 1. The summed E-state index contributed by atoms with van der Waals surface area (Å²) in [6.07, 6.45) is 2.10. The third kappa shape index (κ3) is 7.80. The van der Waals surface area contributed by atoms with Crippen LogP contribution in [-0.2, 0) is 27.6 Å². The third-order valence-corrected chi connectivity index (χ3v) is 9.27. The smallest absolute Gasteiger partial charge is 0.152 e. The van der Waals surface area contributed by atoms with Gasteiger partial charge in [-0.3, -0.25) is 0 Å². The number of nitrogens with zero attached hydrogens (tertiary/aromatic N) is 3. The second-order valence-corrected chi connectivity index (χ2v) is 13.2. The van der Waals surface area contributed by atoms with E-state index in [1.54, 1.807) is 31.2 Å². The van der Waals surface area contributed by atoms with Gasteiger partial charge in [-0.1, -0.05) is 36.7 Å². The minimum absolute atomic E-state index is 0.0306. The zero-order valence-corrected chi connectivity index (χ0v) is 25.1. The van der Waals surface area contributed by atoms with E-state index in [0.717, 1.165) is 27.2 Å². The number of hydrogen-bond donors (Lipinski definition) is 1. The van der Waals surface area contributed by atoms with Gasteiger partial charge in [0.1, 0.15) is 30.3 Å². The molecule has 2 heterocycles. The van der Waals surface area contributed by atoms with Crippen molar-refractivity contribution >= 4 is 55.2 Å². The highest BCUT2D eigenvalue weighted by molar-refractivity contribution is 7.91. The molecule has 0 unspecified atom stereocenters. The Morgan fingerprint density at radius 2 is 1.93 bits per heavy atom. The third-order valence-electron chi connectivity index (χ3n) is 6.40. The molecule has 0 fully saturated rings. The molecule has 0 aliphatic carbocycles. The largest absolute Gasteiger partial charge is 0.487 e. The Bertz CT molecular complexity index is 1800. The van der Waals surface area contributed by atoms with Crippen LogP contribution in [0.2, 0.25) is 5.02 Å². The van der Waals surface area contributed by atoms with Crippen LogP contribution in [-0.4, -0.2) is 48.1 Å². The fourth-order valence-corrected chi connectivity index (χ4v) is 5.77. The molecule has 1 N–H and O–H groups in total. The van der Waals surface area contributed by atoms with E-state index in [9.17, 15) is 12.8 Å². The maximum Gasteiger partial charge on any atom is 0.152 e. The molecular formula is C30H28ClFN4O4S2. The molecule has 0 aliphatic heterocycles. The first-order chi connectivity index (χ1) is 20.3. The van der Waals surface area contributed by atoms with Gasteiger partial charge in [0.05, 0.1) is 40.2 Å². The van der Waals surface area contributed by atoms with E-state index in [2.05, 4.69) is 15.3 Å². The summed E-state index contributed by atoms with van der Waals surface area (Å²) in [6.45, 7) is 2.41. The summed E-state index contributed by atoms with van der Waals surface area (Å²) in [5.74, 6) is 0.924. The second-order valence-electron chi connectivity index (χ2n) is 9.37. The number of rotatable bonds is 13. The molecule has 8 nitrogen and oxygen atoms in total. The monoisotopic (exact) mass is 626 g/mol. The molecule has 218 valence electrons. The number of halogens is 2. The van der Waals surface area contributed by atoms with Gasteiger partial charge in [-0.25, -0.2) is 27.8 Å². The predicted molar refractivity (Wildman–Crippen MR) is 165 cm³/mol. The summed E-state index contributed by atoms with van der Waals surface area (Å²) in [7, 11) is -3.03. The van der Waals surface area contributed by atoms with Crippen LogP contribution < -0.4 is 10.1 Å². The van der Waals surface area contributed by atoms with E-state index in [4.69, 9.17) is 26.1 Å². The van der Waals surface area contributed by atoms with Crippen molar-refractivity contribution in [3.63, 3.8) is 0 Å². The molecular weight excluding hydrogens is 599 g/mol. The molecule has 0 spiro atoms. The molecule has 0 radical (unpaired) electrons. The highest BCUT2D eigenvalue weighted by Gasteiger charge is 2.12. The first kappa shape index (κ1) is 29.8. The van der Waals surface area contributed by atoms with Crippen molar-refractivity contribution in [1.29, 1.82) is 0 Å². The molecule has 5 aromatic rings. The number of benzene rings is 3. The molecule has 0 bridgehead atoms. The Morgan fingerprint density at radius 1 is 1.05 bits per heavy atom. The van der Waals surface area contributed by atoms with E-state index in [1.807, 2.05) is 29.6 Å². The molecule has 0 amide bonds. The maximum atomic E-state index is 13.5. The van der Waals surface area contributed by atoms with Gasteiger partial charge in [0, 0.05) is 34.2 Å². The fraction of sp³-hybridized carbons (Fsp3) is 0.233. The van der Waals surface area contributed by atoms with Gasteiger partial charge < -0.3 is 14.8 Å². The lowest BCUT2D eigenvalue weighted by atomic mass is 10.1. The Kier molecular flexibility index (Phi) is 9.63. The summed E-state index contributed by atoms with van der Waals surface area (Å²) < 4.78 is 47.9. The number of sulfone groups is 1. The molecule has 5 rings (SSSR count). The highest BCUT2D eigenvalue weighted by atomic mass is 35.5. The van der Waals surface area contributed by atoms with Crippen molar-refractivity contribution in [2.45, 2.75) is 20.0 Å². The molecule has 12 heteroatoms. The van der Waals surface area contributed by atoms with Crippen LogP contribution in [0, 0.1) is 5.82 Å². The lowest BCUT2D eigenvalue weighted by Gasteiger charge is -2.12. The van der Waals surface area contributed by atoms with Gasteiger partial charge in [0.2, 0.25) is 0 Å². The van der Waals surface area contributed by atoms with Crippen LogP contribution in [0.25, 0.3) is 22.2 Å². The predicted octanol–water partition coefficient (Wildman–Crippen LogP) is 6.86. The molecule has 0 saturated carbocycles. The number of ether oxygens (including phenoxy) is 2. The molecule has 3 aromatic carbocycles. The molecule has 0 aliphatic rings. The van der Waals surface area contributed by atoms with Gasteiger partial charge in [-0.05, 0) is 48.0 Å². The second kappa shape index (κ2) is 13.6. The molecule has 42 heavy (non-hydrogen) atoms.